The molecule has 0 radical (unpaired) electrons. The number of alkyl halides is 1. The summed E-state index contributed by atoms with van der Waals surface area (Å²) >= 11 is 3.58. The molecule has 1 saturated carbocycles. The molecule has 0 unspecified atom stereocenters. The first-order valence-electron chi connectivity index (χ1n) is 8.45. The van der Waals surface area contributed by atoms with Crippen LogP contribution in [0.1, 0.15) is 46.8 Å². The highest BCUT2D eigenvalue weighted by Crippen LogP contribution is 2.50. The fourth-order valence-corrected chi connectivity index (χ4v) is 4.18. The molecule has 0 spiro atoms. The fourth-order valence-electron chi connectivity index (χ4n) is 3.55. The average Bonchev–Trinajstić information content (AvgIpc) is 3.34. The molecular formula is C20H19BrFNO. The van der Waals surface area contributed by atoms with Crippen molar-refractivity contribution < 1.29 is 9.18 Å². The molecule has 0 atom stereocenters. The number of benzene rings is 2. The van der Waals surface area contributed by atoms with Crippen LogP contribution in [-0.4, -0.2) is 12.5 Å². The Morgan fingerprint density at radius 2 is 2.04 bits per heavy atom. The summed E-state index contributed by atoms with van der Waals surface area (Å²) in [4.78, 5) is 14.8. The van der Waals surface area contributed by atoms with E-state index < -0.39 is 5.67 Å². The van der Waals surface area contributed by atoms with Gasteiger partial charge in [0.05, 0.1) is 0 Å². The zero-order valence-corrected chi connectivity index (χ0v) is 15.2. The molecule has 124 valence electrons. The van der Waals surface area contributed by atoms with Crippen LogP contribution in [0.4, 0.5) is 10.1 Å². The fraction of sp³-hybridized carbons (Fsp3) is 0.350. The van der Waals surface area contributed by atoms with E-state index in [1.807, 2.05) is 35.2 Å². The molecule has 0 bridgehead atoms. The number of hydrogen-bond donors (Lipinski definition) is 0. The van der Waals surface area contributed by atoms with E-state index in [1.165, 1.54) is 0 Å². The Labute approximate surface area is 149 Å². The zero-order valence-electron chi connectivity index (χ0n) is 13.6. The van der Waals surface area contributed by atoms with Crippen molar-refractivity contribution in [1.29, 1.82) is 0 Å². The van der Waals surface area contributed by atoms with E-state index in [4.69, 9.17) is 0 Å². The average molecular weight is 388 g/mol. The highest BCUT2D eigenvalue weighted by atomic mass is 79.9. The lowest BCUT2D eigenvalue weighted by Crippen LogP contribution is -2.38. The third kappa shape index (κ3) is 2.48. The second kappa shape index (κ2) is 5.69. The van der Waals surface area contributed by atoms with E-state index in [9.17, 15) is 9.18 Å². The molecule has 1 amide bonds. The van der Waals surface area contributed by atoms with Gasteiger partial charge in [0, 0.05) is 22.3 Å². The number of carbonyl (C=O) groups excluding carboxylic acids is 1. The maximum atomic E-state index is 14.3. The quantitative estimate of drug-likeness (QED) is 0.710. The second-order valence-electron chi connectivity index (χ2n) is 6.64. The summed E-state index contributed by atoms with van der Waals surface area (Å²) in [5.74, 6) is 0.0132. The molecule has 1 aliphatic heterocycles. The first kappa shape index (κ1) is 15.8. The van der Waals surface area contributed by atoms with Crippen LogP contribution in [0.3, 0.4) is 0 Å². The summed E-state index contributed by atoms with van der Waals surface area (Å²) in [7, 11) is 0. The summed E-state index contributed by atoms with van der Waals surface area (Å²) in [6.07, 6.45) is 2.82. The number of fused-ring (bicyclic) bond motifs is 1. The summed E-state index contributed by atoms with van der Waals surface area (Å²) in [6.45, 7) is 2.73. The minimum atomic E-state index is -1.14. The zero-order chi connectivity index (χ0) is 16.9. The summed E-state index contributed by atoms with van der Waals surface area (Å²) in [6, 6.07) is 11.5. The lowest BCUT2D eigenvalue weighted by Gasteiger charge is -2.31. The van der Waals surface area contributed by atoms with Crippen molar-refractivity contribution in [2.45, 2.75) is 38.3 Å². The summed E-state index contributed by atoms with van der Waals surface area (Å²) < 4.78 is 15.3. The SMILES string of the molecule is CCc1c(Br)cccc1N1CCc2cc(C3(F)CC3)ccc2C1=O. The molecule has 0 aromatic heterocycles. The maximum Gasteiger partial charge on any atom is 0.258 e. The standard InChI is InChI=1S/C20H19BrFNO/c1-2-15-17(21)4-3-5-18(15)23-11-8-13-12-14(20(22)9-10-20)6-7-16(13)19(23)24/h3-7,12H,2,8-11H2,1H3. The van der Waals surface area contributed by atoms with E-state index in [2.05, 4.69) is 22.9 Å². The van der Waals surface area contributed by atoms with Crippen LogP contribution in [0, 0.1) is 0 Å². The van der Waals surface area contributed by atoms with Crippen molar-refractivity contribution >= 4 is 27.5 Å². The molecule has 24 heavy (non-hydrogen) atoms. The van der Waals surface area contributed by atoms with Gasteiger partial charge in [0.2, 0.25) is 0 Å². The van der Waals surface area contributed by atoms with Crippen LogP contribution in [-0.2, 0) is 18.5 Å². The molecule has 2 aliphatic rings. The van der Waals surface area contributed by atoms with Crippen LogP contribution in [0.15, 0.2) is 40.9 Å². The molecule has 2 aromatic rings. The van der Waals surface area contributed by atoms with Crippen LogP contribution in [0.2, 0.25) is 0 Å². The minimum absolute atomic E-state index is 0.0132. The van der Waals surface area contributed by atoms with Crippen LogP contribution >= 0.6 is 15.9 Å². The van der Waals surface area contributed by atoms with E-state index >= 15 is 0 Å². The van der Waals surface area contributed by atoms with Gasteiger partial charge in [0.15, 0.2) is 0 Å². The van der Waals surface area contributed by atoms with Crippen molar-refractivity contribution in [3.8, 4) is 0 Å². The van der Waals surface area contributed by atoms with Gasteiger partial charge in [-0.3, -0.25) is 4.79 Å². The monoisotopic (exact) mass is 387 g/mol. The van der Waals surface area contributed by atoms with Gasteiger partial charge in [0.1, 0.15) is 5.67 Å². The van der Waals surface area contributed by atoms with Gasteiger partial charge in [0.25, 0.3) is 5.91 Å². The van der Waals surface area contributed by atoms with Gasteiger partial charge in [-0.05, 0) is 60.6 Å². The molecule has 1 aliphatic carbocycles. The van der Waals surface area contributed by atoms with Gasteiger partial charge in [-0.1, -0.05) is 41.1 Å². The summed E-state index contributed by atoms with van der Waals surface area (Å²) in [5, 5.41) is 0. The molecule has 2 aromatic carbocycles. The third-order valence-electron chi connectivity index (χ3n) is 5.13. The highest BCUT2D eigenvalue weighted by Gasteiger charge is 2.45. The van der Waals surface area contributed by atoms with Crippen LogP contribution < -0.4 is 4.90 Å². The van der Waals surface area contributed by atoms with Crippen molar-refractivity contribution in [1.82, 2.24) is 0 Å². The number of hydrogen-bond acceptors (Lipinski definition) is 1. The van der Waals surface area contributed by atoms with E-state index in [0.29, 0.717) is 24.9 Å². The van der Waals surface area contributed by atoms with Gasteiger partial charge < -0.3 is 4.90 Å². The van der Waals surface area contributed by atoms with Crippen molar-refractivity contribution in [3.63, 3.8) is 0 Å². The Bertz CT molecular complexity index is 828. The number of amides is 1. The van der Waals surface area contributed by atoms with E-state index in [-0.39, 0.29) is 5.91 Å². The lowest BCUT2D eigenvalue weighted by atomic mass is 9.93. The smallest absolute Gasteiger partial charge is 0.258 e. The first-order chi connectivity index (χ1) is 11.5. The van der Waals surface area contributed by atoms with Gasteiger partial charge >= 0.3 is 0 Å². The maximum absolute atomic E-state index is 14.3. The van der Waals surface area contributed by atoms with Gasteiger partial charge in [-0.25, -0.2) is 4.39 Å². The Balaban J connectivity index is 1.71. The molecule has 1 heterocycles. The third-order valence-corrected chi connectivity index (χ3v) is 5.87. The number of rotatable bonds is 3. The molecule has 2 nitrogen and oxygen atoms in total. The molecule has 1 fully saturated rings. The lowest BCUT2D eigenvalue weighted by molar-refractivity contribution is 0.0980. The normalized spacial score (nSPS) is 18.5. The Morgan fingerprint density at radius 1 is 1.25 bits per heavy atom. The molecular weight excluding hydrogens is 369 g/mol. The summed E-state index contributed by atoms with van der Waals surface area (Å²) in [5.41, 5.74) is 3.39. The molecule has 4 heteroatoms. The first-order valence-corrected chi connectivity index (χ1v) is 9.24. The van der Waals surface area contributed by atoms with Crippen LogP contribution in [0.25, 0.3) is 0 Å². The Morgan fingerprint density at radius 3 is 2.75 bits per heavy atom. The molecule has 0 saturated heterocycles. The van der Waals surface area contributed by atoms with Crippen LogP contribution in [0.5, 0.6) is 0 Å². The number of anilines is 1. The van der Waals surface area contributed by atoms with Crippen molar-refractivity contribution in [2.75, 3.05) is 11.4 Å². The minimum Gasteiger partial charge on any atom is -0.308 e. The Hall–Kier alpha value is -1.68. The molecule has 0 N–H and O–H groups in total. The van der Waals surface area contributed by atoms with Crippen molar-refractivity contribution in [2.24, 2.45) is 0 Å². The highest BCUT2D eigenvalue weighted by molar-refractivity contribution is 9.10. The van der Waals surface area contributed by atoms with Gasteiger partial charge in [-0.15, -0.1) is 0 Å². The number of carbonyl (C=O) groups is 1. The largest absolute Gasteiger partial charge is 0.308 e. The number of halogens is 2. The van der Waals surface area contributed by atoms with Gasteiger partial charge in [-0.2, -0.15) is 0 Å². The van der Waals surface area contributed by atoms with Crippen molar-refractivity contribution in [3.05, 3.63) is 63.1 Å². The molecule has 4 rings (SSSR count). The predicted octanol–water partition coefficient (Wildman–Crippen LogP) is 5.17. The van der Waals surface area contributed by atoms with E-state index in [0.717, 1.165) is 39.7 Å². The second-order valence-corrected chi connectivity index (χ2v) is 7.49. The van der Waals surface area contributed by atoms with E-state index in [1.54, 1.807) is 6.07 Å². The number of nitrogens with zero attached hydrogens (tertiary/aromatic N) is 1. The topological polar surface area (TPSA) is 20.3 Å². The predicted molar refractivity (Wildman–Crippen MR) is 97.4 cm³/mol. The Kier molecular flexibility index (Phi) is 3.75.